The van der Waals surface area contributed by atoms with Crippen LogP contribution in [-0.2, 0) is 23.3 Å². The number of carbonyl (C=O) groups excluding carboxylic acids is 1. The molecule has 1 aliphatic carbocycles. The van der Waals surface area contributed by atoms with Crippen LogP contribution < -0.4 is 10.1 Å². The van der Waals surface area contributed by atoms with Gasteiger partial charge < -0.3 is 14.8 Å². The predicted molar refractivity (Wildman–Crippen MR) is 132 cm³/mol. The number of rotatable bonds is 6. The molecule has 1 aliphatic heterocycles. The lowest BCUT2D eigenvalue weighted by Crippen LogP contribution is -2.33. The minimum absolute atomic E-state index is 0.171. The number of nitrogens with zero attached hydrogens (tertiary/aromatic N) is 2. The summed E-state index contributed by atoms with van der Waals surface area (Å²) in [5, 5.41) is 12.6. The van der Waals surface area contributed by atoms with E-state index in [-0.39, 0.29) is 5.91 Å². The second-order valence-electron chi connectivity index (χ2n) is 9.71. The minimum Gasteiger partial charge on any atom is -0.497 e. The molecule has 1 fully saturated rings. The molecule has 3 aromatic rings. The van der Waals surface area contributed by atoms with Gasteiger partial charge in [0.1, 0.15) is 11.2 Å². The van der Waals surface area contributed by atoms with Gasteiger partial charge in [0.15, 0.2) is 0 Å². The van der Waals surface area contributed by atoms with Crippen LogP contribution in [0.1, 0.15) is 69.9 Å². The van der Waals surface area contributed by atoms with Crippen molar-refractivity contribution in [3.05, 3.63) is 94.3 Å². The van der Waals surface area contributed by atoms with E-state index in [2.05, 4.69) is 40.6 Å². The van der Waals surface area contributed by atoms with Crippen LogP contribution in [-0.4, -0.2) is 24.6 Å². The zero-order chi connectivity index (χ0) is 24.4. The van der Waals surface area contributed by atoms with E-state index in [0.717, 1.165) is 35.4 Å². The average molecular weight is 468 g/mol. The van der Waals surface area contributed by atoms with E-state index >= 15 is 0 Å². The third kappa shape index (κ3) is 4.65. The van der Waals surface area contributed by atoms with E-state index in [9.17, 15) is 10.1 Å². The molecule has 0 bridgehead atoms. The van der Waals surface area contributed by atoms with Crippen molar-refractivity contribution in [3.63, 3.8) is 0 Å². The van der Waals surface area contributed by atoms with Gasteiger partial charge in [-0.3, -0.25) is 9.78 Å². The molecule has 0 saturated heterocycles. The monoisotopic (exact) mass is 467 g/mol. The molecular formula is C29H29N3O3. The van der Waals surface area contributed by atoms with Crippen molar-refractivity contribution < 1.29 is 14.3 Å². The van der Waals surface area contributed by atoms with Gasteiger partial charge in [-0.25, -0.2) is 0 Å². The molecule has 1 saturated carbocycles. The summed E-state index contributed by atoms with van der Waals surface area (Å²) < 4.78 is 10.8. The molecule has 0 unspecified atom stereocenters. The topological polar surface area (TPSA) is 84.2 Å². The molecule has 2 aliphatic rings. The third-order valence-electron chi connectivity index (χ3n) is 7.33. The number of ether oxygens (including phenoxy) is 2. The smallest absolute Gasteiger partial charge is 0.251 e. The fourth-order valence-electron chi connectivity index (χ4n) is 5.05. The molecule has 6 nitrogen and oxygen atoms in total. The van der Waals surface area contributed by atoms with Gasteiger partial charge in [-0.2, -0.15) is 5.26 Å². The Kier molecular flexibility index (Phi) is 6.27. The van der Waals surface area contributed by atoms with Crippen molar-refractivity contribution in [3.8, 4) is 11.8 Å². The van der Waals surface area contributed by atoms with E-state index < -0.39 is 5.41 Å². The van der Waals surface area contributed by atoms with E-state index in [1.165, 1.54) is 11.1 Å². The van der Waals surface area contributed by atoms with Gasteiger partial charge in [-0.15, -0.1) is 0 Å². The van der Waals surface area contributed by atoms with Crippen LogP contribution in [0.25, 0.3) is 0 Å². The normalized spacial score (nSPS) is 22.9. The molecule has 5 rings (SSSR count). The Morgan fingerprint density at radius 2 is 1.91 bits per heavy atom. The van der Waals surface area contributed by atoms with Crippen LogP contribution >= 0.6 is 0 Å². The van der Waals surface area contributed by atoms with Crippen molar-refractivity contribution in [1.29, 1.82) is 5.26 Å². The standard InChI is InChI=1S/C29H29N3O3/c1-29(17-30)18-35-16-22-4-3-21(14-27(22)29)28(33)32-15-25-13-20(9-10-31-25)24-11-23(12-24)19-5-7-26(34-2)8-6-19/h3-10,13-14,23-24H,11-12,15-16,18H2,1-2H3,(H,32,33)/t23?,24?,29-/m1/s1. The molecule has 2 aromatic carbocycles. The van der Waals surface area contributed by atoms with E-state index in [4.69, 9.17) is 9.47 Å². The Hall–Kier alpha value is -3.69. The molecule has 1 atom stereocenters. The zero-order valence-electron chi connectivity index (χ0n) is 20.1. The molecule has 178 valence electrons. The molecule has 1 aromatic heterocycles. The molecule has 0 radical (unpaired) electrons. The minimum atomic E-state index is -0.744. The first-order valence-corrected chi connectivity index (χ1v) is 12.0. The van der Waals surface area contributed by atoms with Gasteiger partial charge in [0.2, 0.25) is 0 Å². The Balaban J connectivity index is 1.20. The largest absolute Gasteiger partial charge is 0.497 e. The number of pyridine rings is 1. The maximum absolute atomic E-state index is 12.9. The maximum atomic E-state index is 12.9. The van der Waals surface area contributed by atoms with Crippen molar-refractivity contribution in [2.45, 2.75) is 50.2 Å². The van der Waals surface area contributed by atoms with Gasteiger partial charge in [-0.1, -0.05) is 18.2 Å². The van der Waals surface area contributed by atoms with E-state index in [1.807, 2.05) is 37.4 Å². The summed E-state index contributed by atoms with van der Waals surface area (Å²) in [7, 11) is 1.68. The molecule has 6 heteroatoms. The summed E-state index contributed by atoms with van der Waals surface area (Å²) in [6.45, 7) is 3.00. The van der Waals surface area contributed by atoms with Crippen molar-refractivity contribution in [2.75, 3.05) is 13.7 Å². The summed E-state index contributed by atoms with van der Waals surface area (Å²) in [5.74, 6) is 1.78. The Morgan fingerprint density at radius 1 is 1.14 bits per heavy atom. The summed E-state index contributed by atoms with van der Waals surface area (Å²) in [6.07, 6.45) is 4.05. The third-order valence-corrected chi connectivity index (χ3v) is 7.33. The number of amides is 1. The van der Waals surface area contributed by atoms with Crippen LogP contribution in [0.2, 0.25) is 0 Å². The molecule has 2 heterocycles. The Bertz CT molecular complexity index is 1280. The lowest BCUT2D eigenvalue weighted by atomic mass is 9.68. The zero-order valence-corrected chi connectivity index (χ0v) is 20.1. The molecular weight excluding hydrogens is 438 g/mol. The van der Waals surface area contributed by atoms with Crippen LogP contribution in [0.5, 0.6) is 5.75 Å². The average Bonchev–Trinajstić information content (AvgIpc) is 2.87. The van der Waals surface area contributed by atoms with Crippen LogP contribution in [0.15, 0.2) is 60.8 Å². The van der Waals surface area contributed by atoms with Gasteiger partial charge in [0.25, 0.3) is 5.91 Å². The maximum Gasteiger partial charge on any atom is 0.251 e. The van der Waals surface area contributed by atoms with Crippen molar-refractivity contribution in [1.82, 2.24) is 10.3 Å². The predicted octanol–water partition coefficient (Wildman–Crippen LogP) is 4.99. The summed E-state index contributed by atoms with van der Waals surface area (Å²) >= 11 is 0. The highest BCUT2D eigenvalue weighted by atomic mass is 16.5. The first-order valence-electron chi connectivity index (χ1n) is 12.0. The number of benzene rings is 2. The number of fused-ring (bicyclic) bond motifs is 1. The fraction of sp³-hybridized carbons (Fsp3) is 0.345. The Labute approximate surface area is 205 Å². The second kappa shape index (κ2) is 9.52. The number of carbonyl (C=O) groups is 1. The molecule has 35 heavy (non-hydrogen) atoms. The van der Waals surface area contributed by atoms with E-state index in [1.54, 1.807) is 13.2 Å². The molecule has 0 spiro atoms. The van der Waals surface area contributed by atoms with Gasteiger partial charge in [0, 0.05) is 11.8 Å². The lowest BCUT2D eigenvalue weighted by molar-refractivity contribution is 0.0757. The first-order chi connectivity index (χ1) is 17.0. The van der Waals surface area contributed by atoms with Crippen LogP contribution in [0.3, 0.4) is 0 Å². The number of hydrogen-bond donors (Lipinski definition) is 1. The molecule has 1 N–H and O–H groups in total. The highest BCUT2D eigenvalue weighted by Gasteiger charge is 2.34. The van der Waals surface area contributed by atoms with Crippen LogP contribution in [0.4, 0.5) is 0 Å². The second-order valence-corrected chi connectivity index (χ2v) is 9.71. The number of methoxy groups -OCH3 is 1. The first kappa shape index (κ1) is 23.1. The number of hydrogen-bond acceptors (Lipinski definition) is 5. The number of nitriles is 1. The summed E-state index contributed by atoms with van der Waals surface area (Å²) in [5.41, 5.74) is 5.10. The highest BCUT2D eigenvalue weighted by Crippen LogP contribution is 2.47. The lowest BCUT2D eigenvalue weighted by Gasteiger charge is -2.36. The quantitative estimate of drug-likeness (QED) is 0.552. The van der Waals surface area contributed by atoms with Gasteiger partial charge in [0.05, 0.1) is 38.6 Å². The van der Waals surface area contributed by atoms with Crippen molar-refractivity contribution in [2.24, 2.45) is 0 Å². The summed E-state index contributed by atoms with van der Waals surface area (Å²) in [6, 6.07) is 20.4. The SMILES string of the molecule is COc1ccc(C2CC(c3ccnc(CNC(=O)c4ccc5c(c4)[C@](C)(C#N)COC5)c3)C2)cc1. The van der Waals surface area contributed by atoms with E-state index in [0.29, 0.717) is 37.2 Å². The fourth-order valence-corrected chi connectivity index (χ4v) is 5.05. The highest BCUT2D eigenvalue weighted by molar-refractivity contribution is 5.94. The number of aromatic nitrogens is 1. The van der Waals surface area contributed by atoms with Crippen molar-refractivity contribution >= 4 is 5.91 Å². The van der Waals surface area contributed by atoms with Gasteiger partial charge >= 0.3 is 0 Å². The number of nitrogens with one attached hydrogen (secondary N) is 1. The van der Waals surface area contributed by atoms with Gasteiger partial charge in [-0.05, 0) is 90.3 Å². The molecule has 1 amide bonds. The Morgan fingerprint density at radius 3 is 2.66 bits per heavy atom. The van der Waals surface area contributed by atoms with Crippen LogP contribution in [0, 0.1) is 11.3 Å². The summed E-state index contributed by atoms with van der Waals surface area (Å²) in [4.78, 5) is 17.3.